The zero-order chi connectivity index (χ0) is 20.1. The highest BCUT2D eigenvalue weighted by Gasteiger charge is 2.27. The molecule has 1 fully saturated rings. The number of ether oxygens (including phenoxy) is 1. The van der Waals surface area contributed by atoms with Crippen molar-refractivity contribution >= 4 is 12.0 Å². The summed E-state index contributed by atoms with van der Waals surface area (Å²) in [6, 6.07) is 9.89. The number of nitrogens with zero attached hydrogens (tertiary/aromatic N) is 4. The van der Waals surface area contributed by atoms with Gasteiger partial charge in [-0.3, -0.25) is 4.79 Å². The Kier molecular flexibility index (Phi) is 6.02. The molecule has 1 aromatic heterocycles. The van der Waals surface area contributed by atoms with E-state index in [1.807, 2.05) is 66.9 Å². The normalized spacial score (nSPS) is 14.8. The molecule has 2 aromatic rings. The second-order valence-electron chi connectivity index (χ2n) is 7.98. The van der Waals surface area contributed by atoms with Crippen LogP contribution in [0, 0.1) is 0 Å². The van der Waals surface area contributed by atoms with E-state index in [0.29, 0.717) is 39.0 Å². The molecule has 1 aliphatic rings. The number of benzene rings is 1. The van der Waals surface area contributed by atoms with Crippen LogP contribution in [-0.4, -0.2) is 63.4 Å². The third-order valence-corrected chi connectivity index (χ3v) is 4.57. The first-order chi connectivity index (χ1) is 13.3. The number of carbonyl (C=O) groups excluding carboxylic acids is 2. The number of amides is 2. The molecule has 3 rings (SSSR count). The molecule has 28 heavy (non-hydrogen) atoms. The number of aryl methyl sites for hydroxylation is 1. The molecule has 0 saturated carbocycles. The summed E-state index contributed by atoms with van der Waals surface area (Å²) >= 11 is 0. The van der Waals surface area contributed by atoms with Gasteiger partial charge in [-0.15, -0.1) is 0 Å². The zero-order valence-corrected chi connectivity index (χ0v) is 16.8. The van der Waals surface area contributed by atoms with Crippen LogP contribution < -0.4 is 0 Å². The average Bonchev–Trinajstić information content (AvgIpc) is 3.15. The zero-order valence-electron chi connectivity index (χ0n) is 16.8. The molecule has 0 spiro atoms. The van der Waals surface area contributed by atoms with Gasteiger partial charge in [-0.1, -0.05) is 18.2 Å². The van der Waals surface area contributed by atoms with Gasteiger partial charge in [0.25, 0.3) is 0 Å². The molecule has 0 aliphatic carbocycles. The number of rotatable bonds is 4. The third kappa shape index (κ3) is 5.34. The van der Waals surface area contributed by atoms with Crippen molar-refractivity contribution in [2.24, 2.45) is 0 Å². The first-order valence-corrected chi connectivity index (χ1v) is 9.66. The molecule has 0 unspecified atom stereocenters. The maximum absolute atomic E-state index is 12.5. The number of hydrogen-bond donors (Lipinski definition) is 0. The van der Waals surface area contributed by atoms with E-state index in [9.17, 15) is 9.59 Å². The topological polar surface area (TPSA) is 67.7 Å². The lowest BCUT2D eigenvalue weighted by molar-refractivity contribution is -0.132. The van der Waals surface area contributed by atoms with Crippen LogP contribution in [0.25, 0.3) is 5.69 Å². The Morgan fingerprint density at radius 2 is 1.68 bits per heavy atom. The van der Waals surface area contributed by atoms with Crippen LogP contribution in [0.5, 0.6) is 0 Å². The molecular weight excluding hydrogens is 356 g/mol. The fourth-order valence-corrected chi connectivity index (χ4v) is 3.09. The lowest BCUT2D eigenvalue weighted by atomic mass is 10.1. The smallest absolute Gasteiger partial charge is 0.410 e. The van der Waals surface area contributed by atoms with Crippen LogP contribution in [0.2, 0.25) is 0 Å². The van der Waals surface area contributed by atoms with E-state index >= 15 is 0 Å². The Hall–Kier alpha value is -2.83. The van der Waals surface area contributed by atoms with Crippen LogP contribution in [0.15, 0.2) is 42.7 Å². The van der Waals surface area contributed by atoms with Gasteiger partial charge >= 0.3 is 6.09 Å². The van der Waals surface area contributed by atoms with Crippen molar-refractivity contribution in [2.45, 2.75) is 39.2 Å². The molecule has 0 N–H and O–H groups in total. The maximum atomic E-state index is 12.5. The minimum absolute atomic E-state index is 0.108. The highest BCUT2D eigenvalue weighted by molar-refractivity contribution is 5.77. The Balaban J connectivity index is 1.45. The monoisotopic (exact) mass is 384 g/mol. The molecule has 0 bridgehead atoms. The summed E-state index contributed by atoms with van der Waals surface area (Å²) in [6.45, 7) is 7.65. The highest BCUT2D eigenvalue weighted by Crippen LogP contribution is 2.14. The molecular formula is C21H28N4O3. The summed E-state index contributed by atoms with van der Waals surface area (Å²) in [5, 5.41) is 4.37. The molecule has 0 radical (unpaired) electrons. The highest BCUT2D eigenvalue weighted by atomic mass is 16.6. The molecule has 150 valence electrons. The van der Waals surface area contributed by atoms with E-state index < -0.39 is 5.60 Å². The van der Waals surface area contributed by atoms with Crippen molar-refractivity contribution in [3.05, 3.63) is 48.3 Å². The van der Waals surface area contributed by atoms with Crippen LogP contribution in [0.4, 0.5) is 4.79 Å². The summed E-state index contributed by atoms with van der Waals surface area (Å²) in [6.07, 6.45) is 4.54. The van der Waals surface area contributed by atoms with Gasteiger partial charge in [0.1, 0.15) is 5.60 Å². The van der Waals surface area contributed by atoms with E-state index in [1.165, 1.54) is 0 Å². The summed E-state index contributed by atoms with van der Waals surface area (Å²) in [5.74, 6) is 0.108. The van der Waals surface area contributed by atoms with Gasteiger partial charge in [0.15, 0.2) is 0 Å². The van der Waals surface area contributed by atoms with E-state index in [1.54, 1.807) is 11.1 Å². The third-order valence-electron chi connectivity index (χ3n) is 4.57. The Bertz CT molecular complexity index is 803. The summed E-state index contributed by atoms with van der Waals surface area (Å²) in [5.41, 5.74) is 1.52. The molecule has 7 nitrogen and oxygen atoms in total. The largest absolute Gasteiger partial charge is 0.444 e. The van der Waals surface area contributed by atoms with Gasteiger partial charge < -0.3 is 14.5 Å². The minimum atomic E-state index is -0.506. The number of piperazine rings is 1. The Morgan fingerprint density at radius 3 is 2.32 bits per heavy atom. The van der Waals surface area contributed by atoms with Crippen LogP contribution in [0.3, 0.4) is 0 Å². The fraction of sp³-hybridized carbons (Fsp3) is 0.476. The van der Waals surface area contributed by atoms with Gasteiger partial charge in [-0.25, -0.2) is 9.48 Å². The standard InChI is InChI=1S/C21H28N4O3/c1-21(2,3)28-20(27)24-13-11-23(12-14-24)19(26)10-9-17-15-22-25(16-17)18-7-5-4-6-8-18/h4-8,15-16H,9-14H2,1-3H3. The van der Waals surface area contributed by atoms with E-state index in [2.05, 4.69) is 5.10 Å². The van der Waals surface area contributed by atoms with E-state index in [4.69, 9.17) is 4.74 Å². The maximum Gasteiger partial charge on any atom is 0.410 e. The summed E-state index contributed by atoms with van der Waals surface area (Å²) in [7, 11) is 0. The van der Waals surface area contributed by atoms with Crippen molar-refractivity contribution in [3.63, 3.8) is 0 Å². The Morgan fingerprint density at radius 1 is 1.04 bits per heavy atom. The van der Waals surface area contributed by atoms with E-state index in [-0.39, 0.29) is 12.0 Å². The van der Waals surface area contributed by atoms with Gasteiger partial charge in [-0.2, -0.15) is 5.10 Å². The first kappa shape index (κ1) is 19.9. The lowest BCUT2D eigenvalue weighted by Crippen LogP contribution is -2.51. The van der Waals surface area contributed by atoms with Crippen LogP contribution in [0.1, 0.15) is 32.8 Å². The van der Waals surface area contributed by atoms with Gasteiger partial charge in [-0.05, 0) is 44.9 Å². The molecule has 7 heteroatoms. The van der Waals surface area contributed by atoms with E-state index in [0.717, 1.165) is 11.3 Å². The quantitative estimate of drug-likeness (QED) is 0.813. The molecule has 2 amide bonds. The van der Waals surface area contributed by atoms with Crippen LogP contribution >= 0.6 is 0 Å². The second kappa shape index (κ2) is 8.46. The first-order valence-electron chi connectivity index (χ1n) is 9.66. The summed E-state index contributed by atoms with van der Waals surface area (Å²) < 4.78 is 7.21. The number of aromatic nitrogens is 2. The molecule has 1 saturated heterocycles. The number of para-hydroxylation sites is 1. The van der Waals surface area contributed by atoms with Gasteiger partial charge in [0.05, 0.1) is 11.9 Å². The molecule has 2 heterocycles. The molecule has 0 atom stereocenters. The van der Waals surface area contributed by atoms with Crippen molar-refractivity contribution < 1.29 is 14.3 Å². The number of carbonyl (C=O) groups is 2. The van der Waals surface area contributed by atoms with Crippen molar-refractivity contribution in [2.75, 3.05) is 26.2 Å². The van der Waals surface area contributed by atoms with Crippen molar-refractivity contribution in [1.82, 2.24) is 19.6 Å². The fourth-order valence-electron chi connectivity index (χ4n) is 3.09. The average molecular weight is 384 g/mol. The molecule has 1 aromatic carbocycles. The minimum Gasteiger partial charge on any atom is -0.444 e. The molecule has 1 aliphatic heterocycles. The Labute approximate surface area is 165 Å². The van der Waals surface area contributed by atoms with Crippen molar-refractivity contribution in [3.8, 4) is 5.69 Å². The number of hydrogen-bond acceptors (Lipinski definition) is 4. The van der Waals surface area contributed by atoms with Gasteiger partial charge in [0, 0.05) is 38.8 Å². The van der Waals surface area contributed by atoms with Gasteiger partial charge in [0.2, 0.25) is 5.91 Å². The summed E-state index contributed by atoms with van der Waals surface area (Å²) in [4.78, 5) is 28.1. The SMILES string of the molecule is CC(C)(C)OC(=O)N1CCN(C(=O)CCc2cnn(-c3ccccc3)c2)CC1. The predicted molar refractivity (Wildman–Crippen MR) is 106 cm³/mol. The van der Waals surface area contributed by atoms with Crippen LogP contribution in [-0.2, 0) is 16.0 Å². The lowest BCUT2D eigenvalue weighted by Gasteiger charge is -2.35. The van der Waals surface area contributed by atoms with Crippen molar-refractivity contribution in [1.29, 1.82) is 0 Å². The predicted octanol–water partition coefficient (Wildman–Crippen LogP) is 2.88. The second-order valence-corrected chi connectivity index (χ2v) is 7.98.